The van der Waals surface area contributed by atoms with E-state index in [-0.39, 0.29) is 47.8 Å². The molecule has 0 saturated carbocycles. The Hall–Kier alpha value is -8.80. The number of amides is 4. The third-order valence-electron chi connectivity index (χ3n) is 15.9. The van der Waals surface area contributed by atoms with Crippen LogP contribution in [0.5, 0.6) is 0 Å². The van der Waals surface area contributed by atoms with Crippen molar-refractivity contribution in [1.29, 1.82) is 0 Å². The molecule has 4 aromatic carbocycles. The Balaban J connectivity index is 1.05. The summed E-state index contributed by atoms with van der Waals surface area (Å²) in [6, 6.07) is 38.7. The summed E-state index contributed by atoms with van der Waals surface area (Å²) in [5, 5.41) is 26.0. The van der Waals surface area contributed by atoms with Crippen LogP contribution < -0.4 is 42.5 Å². The number of anilines is 4. The number of hydrogen-bond acceptors (Lipinski definition) is 10. The van der Waals surface area contributed by atoms with Crippen molar-refractivity contribution in [2.24, 2.45) is 0 Å². The number of aromatic nitrogens is 4. The second kappa shape index (κ2) is 22.1. The summed E-state index contributed by atoms with van der Waals surface area (Å²) in [5.41, 5.74) is 15.0. The molecule has 13 rings (SSSR count). The van der Waals surface area contributed by atoms with Crippen molar-refractivity contribution in [2.45, 2.75) is 75.5 Å². The number of H-pyrrole nitrogens is 2. The number of fused-ring (bicyclic) bond motifs is 8. The fourth-order valence-electron chi connectivity index (χ4n) is 12.0. The molecule has 3 aromatic heterocycles. The lowest BCUT2D eigenvalue weighted by molar-refractivity contribution is -0.118. The van der Waals surface area contributed by atoms with Crippen molar-refractivity contribution >= 4 is 92.7 Å². The van der Waals surface area contributed by atoms with Gasteiger partial charge in [0, 0.05) is 67.1 Å². The molecule has 6 aliphatic rings. The SMILES string of the molecule is O=C(Nc1cccc(-c2c3nc(c(-c4cccc(NC(=O)C5CCCN5)c4)c4ccc([nH]4)c(-c4cccc(NC(=O)C5CCCN5)c4)c4nc(c(-c5cccc(NC(=O)C6CCCN6)c5)c5ccc2[nH]5)C=C4)C=C3)c1)C1CCCN1. The first-order valence-electron chi connectivity index (χ1n) is 28.0. The zero-order chi connectivity index (χ0) is 54.1. The maximum absolute atomic E-state index is 13.5. The lowest BCUT2D eigenvalue weighted by atomic mass is 10.0. The van der Waals surface area contributed by atoms with Crippen molar-refractivity contribution in [2.75, 3.05) is 47.4 Å². The molecule has 6 aliphatic heterocycles. The molecule has 7 aromatic rings. The van der Waals surface area contributed by atoms with E-state index < -0.39 is 0 Å². The van der Waals surface area contributed by atoms with E-state index in [2.05, 4.69) is 76.8 Å². The number of aromatic amines is 2. The topological polar surface area (TPSA) is 222 Å². The van der Waals surface area contributed by atoms with Gasteiger partial charge >= 0.3 is 0 Å². The molecule has 16 heteroatoms. The van der Waals surface area contributed by atoms with E-state index in [1.807, 2.05) is 121 Å². The Morgan fingerprint density at radius 3 is 0.825 bits per heavy atom. The highest BCUT2D eigenvalue weighted by Gasteiger charge is 2.27. The third-order valence-corrected chi connectivity index (χ3v) is 15.9. The van der Waals surface area contributed by atoms with Gasteiger partial charge in [-0.3, -0.25) is 19.2 Å². The number of hydrogen-bond donors (Lipinski definition) is 10. The fourth-order valence-corrected chi connectivity index (χ4v) is 12.0. The summed E-state index contributed by atoms with van der Waals surface area (Å²) in [6.45, 7) is 3.22. The van der Waals surface area contributed by atoms with Gasteiger partial charge in [-0.25, -0.2) is 9.97 Å². The van der Waals surface area contributed by atoms with E-state index in [1.54, 1.807) is 0 Å². The smallest absolute Gasteiger partial charge is 0.241 e. The lowest BCUT2D eigenvalue weighted by Gasteiger charge is -2.13. The van der Waals surface area contributed by atoms with Gasteiger partial charge in [-0.1, -0.05) is 48.5 Å². The highest BCUT2D eigenvalue weighted by atomic mass is 16.2. The molecule has 0 aliphatic carbocycles. The van der Waals surface area contributed by atoms with Crippen LogP contribution >= 0.6 is 0 Å². The number of carbonyl (C=O) groups is 4. The molecule has 402 valence electrons. The molecular formula is C64H62N12O4. The maximum Gasteiger partial charge on any atom is 0.241 e. The third kappa shape index (κ3) is 10.5. The van der Waals surface area contributed by atoms with E-state index in [1.165, 1.54) is 0 Å². The minimum atomic E-state index is -0.260. The standard InChI is InChI=1S/C64H62N12O4/c77-61(53-17-5-29-65-53)69-41-13-1-9-37(33-41)57-45-21-23-47(73-45)58(38-10-2-14-42(34-38)70-62(78)54-18-6-30-66-54)49-25-27-51(75-49)60(40-12-4-16-44(36-40)72-64(80)56-20-8-32-68-56)52-28-26-50(76-52)59(48-24-22-46(57)74-48)39-11-3-15-43(35-39)71-63(79)55-19-7-31-67-55/h1-4,9-16,21-28,33-36,53-56,65-68,73,76H,5-8,17-20,29-32H2,(H,69,77)(H,70,78)(H,71,79)(H,72,80). The second-order valence-corrected chi connectivity index (χ2v) is 21.4. The van der Waals surface area contributed by atoms with Gasteiger partial charge in [-0.2, -0.15) is 0 Å². The molecule has 16 nitrogen and oxygen atoms in total. The first-order valence-corrected chi connectivity index (χ1v) is 28.0. The fraction of sp³-hybridized carbons (Fsp3) is 0.250. The summed E-state index contributed by atoms with van der Waals surface area (Å²) in [5.74, 6) is -0.291. The quantitative estimate of drug-likeness (QED) is 0.0558. The van der Waals surface area contributed by atoms with Gasteiger partial charge in [-0.15, -0.1) is 0 Å². The predicted molar refractivity (Wildman–Crippen MR) is 319 cm³/mol. The molecule has 10 N–H and O–H groups in total. The summed E-state index contributed by atoms with van der Waals surface area (Å²) in [4.78, 5) is 72.8. The molecule has 80 heavy (non-hydrogen) atoms. The lowest BCUT2D eigenvalue weighted by Crippen LogP contribution is -2.35. The van der Waals surface area contributed by atoms with Crippen LogP contribution in [0, 0.1) is 0 Å². The van der Waals surface area contributed by atoms with E-state index in [0.717, 1.165) is 144 Å². The van der Waals surface area contributed by atoms with Gasteiger partial charge in [0.05, 0.1) is 46.9 Å². The normalized spacial score (nSPS) is 19.3. The zero-order valence-electron chi connectivity index (χ0n) is 44.2. The van der Waals surface area contributed by atoms with E-state index in [0.29, 0.717) is 45.5 Å². The van der Waals surface area contributed by atoms with Gasteiger partial charge < -0.3 is 52.5 Å². The number of rotatable bonds is 12. The van der Waals surface area contributed by atoms with Crippen molar-refractivity contribution in [3.05, 3.63) is 144 Å². The van der Waals surface area contributed by atoms with Crippen molar-refractivity contribution in [1.82, 2.24) is 41.2 Å². The molecule has 0 radical (unpaired) electrons. The monoisotopic (exact) mass is 1060 g/mol. The van der Waals surface area contributed by atoms with Crippen LogP contribution in [-0.4, -0.2) is 93.9 Å². The Kier molecular flexibility index (Phi) is 14.0. The highest BCUT2D eigenvalue weighted by molar-refractivity contribution is 6.03. The van der Waals surface area contributed by atoms with Crippen molar-refractivity contribution in [3.63, 3.8) is 0 Å². The molecule has 4 fully saturated rings. The zero-order valence-corrected chi connectivity index (χ0v) is 44.2. The first-order chi connectivity index (χ1) is 39.2. The number of nitrogens with zero attached hydrogens (tertiary/aromatic N) is 2. The molecule has 4 amide bonds. The Labute approximate surface area is 462 Å². The van der Waals surface area contributed by atoms with Crippen LogP contribution in [0.1, 0.15) is 74.1 Å². The van der Waals surface area contributed by atoms with Crippen LogP contribution in [0.15, 0.2) is 121 Å². The molecule has 4 saturated heterocycles. The average molecular weight is 1060 g/mol. The van der Waals surface area contributed by atoms with Crippen LogP contribution in [0.3, 0.4) is 0 Å². The Morgan fingerprint density at radius 2 is 0.600 bits per heavy atom. The molecule has 8 bridgehead atoms. The first kappa shape index (κ1) is 50.7. The summed E-state index contributed by atoms with van der Waals surface area (Å²) >= 11 is 0. The van der Waals surface area contributed by atoms with Gasteiger partial charge in [0.2, 0.25) is 23.6 Å². The van der Waals surface area contributed by atoms with Crippen LogP contribution in [0.4, 0.5) is 22.7 Å². The van der Waals surface area contributed by atoms with Crippen LogP contribution in [-0.2, 0) is 19.2 Å². The minimum absolute atomic E-state index is 0.0727. The van der Waals surface area contributed by atoms with Gasteiger partial charge in [0.25, 0.3) is 0 Å². The minimum Gasteiger partial charge on any atom is -0.354 e. The summed E-state index contributed by atoms with van der Waals surface area (Å²) < 4.78 is 0. The number of carbonyl (C=O) groups excluding carboxylic acids is 4. The summed E-state index contributed by atoms with van der Waals surface area (Å²) in [7, 11) is 0. The van der Waals surface area contributed by atoms with Gasteiger partial charge in [0.1, 0.15) is 0 Å². The number of benzene rings is 4. The summed E-state index contributed by atoms with van der Waals surface area (Å²) in [6.07, 6.45) is 15.0. The van der Waals surface area contributed by atoms with E-state index >= 15 is 0 Å². The second-order valence-electron chi connectivity index (χ2n) is 21.4. The Bertz CT molecular complexity index is 3350. The predicted octanol–water partition coefficient (Wildman–Crippen LogP) is 10.1. The molecule has 0 spiro atoms. The molecule has 4 atom stereocenters. The van der Waals surface area contributed by atoms with Crippen molar-refractivity contribution < 1.29 is 19.2 Å². The molecule has 4 unspecified atom stereocenters. The van der Waals surface area contributed by atoms with Gasteiger partial charge in [-0.05, 0) is 197 Å². The van der Waals surface area contributed by atoms with E-state index in [9.17, 15) is 19.2 Å². The molecular weight excluding hydrogens is 1000 g/mol. The number of nitrogens with one attached hydrogen (secondary N) is 10. The Morgan fingerprint density at radius 1 is 0.350 bits per heavy atom. The average Bonchev–Trinajstić information content (AvgIpc) is 4.34. The maximum atomic E-state index is 13.5. The molecule has 9 heterocycles. The van der Waals surface area contributed by atoms with Crippen LogP contribution in [0.2, 0.25) is 0 Å². The highest BCUT2D eigenvalue weighted by Crippen LogP contribution is 2.40. The van der Waals surface area contributed by atoms with E-state index in [4.69, 9.17) is 9.97 Å². The van der Waals surface area contributed by atoms with Crippen LogP contribution in [0.25, 0.3) is 90.9 Å². The van der Waals surface area contributed by atoms with Crippen molar-refractivity contribution in [3.8, 4) is 44.5 Å². The largest absolute Gasteiger partial charge is 0.354 e. The van der Waals surface area contributed by atoms with Gasteiger partial charge in [0.15, 0.2) is 0 Å².